The summed E-state index contributed by atoms with van der Waals surface area (Å²) in [5, 5.41) is 4.27. The molecule has 1 heterocycles. The zero-order chi connectivity index (χ0) is 10.7. The molecule has 0 aliphatic heterocycles. The largest absolute Gasteiger partial charge is 0.330 e. The minimum atomic E-state index is 0.446. The molecule has 0 saturated carbocycles. The molecule has 0 saturated heterocycles. The molecule has 0 radical (unpaired) electrons. The van der Waals surface area contributed by atoms with Gasteiger partial charge in [-0.1, -0.05) is 31.2 Å². The lowest BCUT2D eigenvalue weighted by atomic mass is 9.99. The molecule has 1 nitrogen and oxygen atoms in total. The van der Waals surface area contributed by atoms with Gasteiger partial charge in [0.25, 0.3) is 0 Å². The van der Waals surface area contributed by atoms with E-state index in [2.05, 4.69) is 48.0 Å². The first-order valence-electron chi connectivity index (χ1n) is 5.14. The molecule has 1 aromatic carbocycles. The van der Waals surface area contributed by atoms with E-state index in [4.69, 9.17) is 5.73 Å². The van der Waals surface area contributed by atoms with Crippen molar-refractivity contribution in [2.45, 2.75) is 12.8 Å². The van der Waals surface area contributed by atoms with Crippen LogP contribution in [-0.2, 0) is 0 Å². The highest BCUT2D eigenvalue weighted by Gasteiger charge is 2.03. The summed E-state index contributed by atoms with van der Waals surface area (Å²) in [7, 11) is 0. The van der Waals surface area contributed by atoms with Crippen molar-refractivity contribution in [3.05, 3.63) is 46.7 Å². The summed E-state index contributed by atoms with van der Waals surface area (Å²) in [6.45, 7) is 2.86. The van der Waals surface area contributed by atoms with Crippen molar-refractivity contribution < 1.29 is 0 Å². The lowest BCUT2D eigenvalue weighted by Crippen LogP contribution is -2.08. The van der Waals surface area contributed by atoms with E-state index in [-0.39, 0.29) is 0 Å². The van der Waals surface area contributed by atoms with Crippen molar-refractivity contribution in [2.24, 2.45) is 5.73 Å². The van der Waals surface area contributed by atoms with Crippen LogP contribution in [0.2, 0.25) is 0 Å². The average Bonchev–Trinajstić information content (AvgIpc) is 2.82. The number of rotatable bonds is 3. The summed E-state index contributed by atoms with van der Waals surface area (Å²) in [6.07, 6.45) is 0. The predicted octanol–water partition coefficient (Wildman–Crippen LogP) is 3.48. The molecular formula is C13H15NS. The Morgan fingerprint density at radius 2 is 1.87 bits per heavy atom. The second-order valence-electron chi connectivity index (χ2n) is 3.77. The van der Waals surface area contributed by atoms with Gasteiger partial charge in [-0.25, -0.2) is 0 Å². The van der Waals surface area contributed by atoms with Gasteiger partial charge in [-0.15, -0.1) is 0 Å². The predicted molar refractivity (Wildman–Crippen MR) is 67.2 cm³/mol. The SMILES string of the molecule is CC(CN)c1ccc(-c2ccsc2)cc1. The van der Waals surface area contributed by atoms with Gasteiger partial charge >= 0.3 is 0 Å². The van der Waals surface area contributed by atoms with Crippen LogP contribution in [0.25, 0.3) is 11.1 Å². The van der Waals surface area contributed by atoms with E-state index >= 15 is 0 Å². The highest BCUT2D eigenvalue weighted by Crippen LogP contribution is 2.24. The fourth-order valence-corrected chi connectivity index (χ4v) is 2.23. The summed E-state index contributed by atoms with van der Waals surface area (Å²) in [5.41, 5.74) is 9.53. The molecule has 0 bridgehead atoms. The van der Waals surface area contributed by atoms with Crippen molar-refractivity contribution in [2.75, 3.05) is 6.54 Å². The zero-order valence-electron chi connectivity index (χ0n) is 8.81. The van der Waals surface area contributed by atoms with Crippen molar-refractivity contribution in [1.82, 2.24) is 0 Å². The number of thiophene rings is 1. The van der Waals surface area contributed by atoms with E-state index in [0.717, 1.165) is 0 Å². The van der Waals surface area contributed by atoms with Crippen LogP contribution in [0, 0.1) is 0 Å². The Labute approximate surface area is 94.6 Å². The van der Waals surface area contributed by atoms with Gasteiger partial charge in [0.15, 0.2) is 0 Å². The molecule has 1 unspecified atom stereocenters. The molecule has 0 fully saturated rings. The van der Waals surface area contributed by atoms with Gasteiger partial charge in [-0.05, 0) is 46.0 Å². The van der Waals surface area contributed by atoms with Gasteiger partial charge in [0.1, 0.15) is 0 Å². The maximum absolute atomic E-state index is 5.64. The first-order valence-corrected chi connectivity index (χ1v) is 6.08. The maximum Gasteiger partial charge on any atom is -0.00109 e. The van der Waals surface area contributed by atoms with Gasteiger partial charge in [-0.3, -0.25) is 0 Å². The molecule has 2 aromatic rings. The molecule has 1 atom stereocenters. The van der Waals surface area contributed by atoms with Crippen LogP contribution in [0.15, 0.2) is 41.1 Å². The standard InChI is InChI=1S/C13H15NS/c1-10(8-14)11-2-4-12(5-3-11)13-6-7-15-9-13/h2-7,9-10H,8,14H2,1H3. The van der Waals surface area contributed by atoms with Crippen molar-refractivity contribution >= 4 is 11.3 Å². The highest BCUT2D eigenvalue weighted by atomic mass is 32.1. The second-order valence-corrected chi connectivity index (χ2v) is 4.55. The van der Waals surface area contributed by atoms with Crippen LogP contribution in [0.3, 0.4) is 0 Å². The third kappa shape index (κ3) is 2.28. The maximum atomic E-state index is 5.64. The van der Waals surface area contributed by atoms with E-state index in [9.17, 15) is 0 Å². The minimum Gasteiger partial charge on any atom is -0.330 e. The van der Waals surface area contributed by atoms with Crippen LogP contribution in [0.5, 0.6) is 0 Å². The van der Waals surface area contributed by atoms with Gasteiger partial charge < -0.3 is 5.73 Å². The molecule has 0 spiro atoms. The minimum absolute atomic E-state index is 0.446. The molecule has 78 valence electrons. The van der Waals surface area contributed by atoms with Gasteiger partial charge in [-0.2, -0.15) is 11.3 Å². The third-order valence-electron chi connectivity index (χ3n) is 2.69. The molecule has 2 N–H and O–H groups in total. The molecule has 0 aliphatic carbocycles. The quantitative estimate of drug-likeness (QED) is 0.837. The van der Waals surface area contributed by atoms with Crippen LogP contribution >= 0.6 is 11.3 Å². The zero-order valence-corrected chi connectivity index (χ0v) is 9.63. The summed E-state index contributed by atoms with van der Waals surface area (Å²) in [6, 6.07) is 10.8. The Kier molecular flexibility index (Phi) is 3.19. The van der Waals surface area contributed by atoms with Crippen LogP contribution in [-0.4, -0.2) is 6.54 Å². The summed E-state index contributed by atoms with van der Waals surface area (Å²) in [4.78, 5) is 0. The Morgan fingerprint density at radius 3 is 2.40 bits per heavy atom. The van der Waals surface area contributed by atoms with Crippen molar-refractivity contribution in [3.8, 4) is 11.1 Å². The molecule has 0 amide bonds. The van der Waals surface area contributed by atoms with Crippen LogP contribution in [0.4, 0.5) is 0 Å². The summed E-state index contributed by atoms with van der Waals surface area (Å²) < 4.78 is 0. The highest BCUT2D eigenvalue weighted by molar-refractivity contribution is 7.08. The Balaban J connectivity index is 2.25. The average molecular weight is 217 g/mol. The van der Waals surface area contributed by atoms with E-state index < -0.39 is 0 Å². The smallest absolute Gasteiger partial charge is 0.00109 e. The number of nitrogens with two attached hydrogens (primary N) is 1. The van der Waals surface area contributed by atoms with Gasteiger partial charge in [0.2, 0.25) is 0 Å². The number of hydrogen-bond acceptors (Lipinski definition) is 2. The molecule has 1 aromatic heterocycles. The third-order valence-corrected chi connectivity index (χ3v) is 3.37. The van der Waals surface area contributed by atoms with Crippen LogP contribution in [0.1, 0.15) is 18.4 Å². The summed E-state index contributed by atoms with van der Waals surface area (Å²) >= 11 is 1.73. The van der Waals surface area contributed by atoms with E-state index in [1.807, 2.05) is 0 Å². The Hall–Kier alpha value is -1.12. The monoisotopic (exact) mass is 217 g/mol. The fourth-order valence-electron chi connectivity index (χ4n) is 1.57. The lowest BCUT2D eigenvalue weighted by Gasteiger charge is -2.09. The molecule has 0 aliphatic rings. The second kappa shape index (κ2) is 4.60. The van der Waals surface area contributed by atoms with Crippen molar-refractivity contribution in [3.63, 3.8) is 0 Å². The van der Waals surface area contributed by atoms with Crippen LogP contribution < -0.4 is 5.73 Å². The molecule has 2 rings (SSSR count). The van der Waals surface area contributed by atoms with E-state index in [0.29, 0.717) is 12.5 Å². The molecule has 15 heavy (non-hydrogen) atoms. The molecular weight excluding hydrogens is 202 g/mol. The lowest BCUT2D eigenvalue weighted by molar-refractivity contribution is 0.774. The normalized spacial score (nSPS) is 12.7. The van der Waals surface area contributed by atoms with Crippen molar-refractivity contribution in [1.29, 1.82) is 0 Å². The van der Waals surface area contributed by atoms with Gasteiger partial charge in [0.05, 0.1) is 0 Å². The van der Waals surface area contributed by atoms with Gasteiger partial charge in [0, 0.05) is 0 Å². The molecule has 2 heteroatoms. The summed E-state index contributed by atoms with van der Waals surface area (Å²) in [5.74, 6) is 0.446. The first-order chi connectivity index (χ1) is 7.31. The van der Waals surface area contributed by atoms with E-state index in [1.165, 1.54) is 16.7 Å². The topological polar surface area (TPSA) is 26.0 Å². The fraction of sp³-hybridized carbons (Fsp3) is 0.231. The van der Waals surface area contributed by atoms with E-state index in [1.54, 1.807) is 11.3 Å². The Bertz CT molecular complexity index is 403. The Morgan fingerprint density at radius 1 is 1.13 bits per heavy atom. The number of benzene rings is 1. The number of hydrogen-bond donors (Lipinski definition) is 1. The first kappa shape index (κ1) is 10.4.